The lowest BCUT2D eigenvalue weighted by atomic mass is 9.93. The van der Waals surface area contributed by atoms with E-state index in [-0.39, 0.29) is 37.2 Å². The summed E-state index contributed by atoms with van der Waals surface area (Å²) in [5.74, 6) is -1.47. The van der Waals surface area contributed by atoms with Gasteiger partial charge >= 0.3 is 0 Å². The molecule has 1 aliphatic heterocycles. The van der Waals surface area contributed by atoms with E-state index in [1.165, 1.54) is 4.90 Å². The first-order valence-corrected chi connectivity index (χ1v) is 11.0. The lowest BCUT2D eigenvalue weighted by Gasteiger charge is -2.28. The van der Waals surface area contributed by atoms with Crippen molar-refractivity contribution >= 4 is 63.3 Å². The highest BCUT2D eigenvalue weighted by molar-refractivity contribution is 6.53. The minimum atomic E-state index is -1.15. The molecule has 0 fully saturated rings. The molecule has 1 heterocycles. The third-order valence-electron chi connectivity index (χ3n) is 5.06. The maximum Gasteiger partial charge on any atom is 0.261 e. The summed E-state index contributed by atoms with van der Waals surface area (Å²) in [6, 6.07) is 8.62. The van der Waals surface area contributed by atoms with Gasteiger partial charge in [0.15, 0.2) is 4.84 Å². The topological polar surface area (TPSA) is 98.8 Å². The molecule has 1 aliphatic rings. The standard InChI is InChI=1S/C22H24Cl2N4O4/c1-27(2)9-10-28-21(31)15-6-3-5-13-11-14(12-16(18(13)15)22(28)32)26-17(29)7-4-8-25-20(30)19(23)24/h3,5-6,11-12,19H,4,7-10H2,1-2H3,(H,25,30)(H,26,29). The van der Waals surface area contributed by atoms with Crippen molar-refractivity contribution in [1.29, 1.82) is 0 Å². The van der Waals surface area contributed by atoms with Gasteiger partial charge in [0.25, 0.3) is 17.7 Å². The monoisotopic (exact) mass is 478 g/mol. The predicted molar refractivity (Wildman–Crippen MR) is 124 cm³/mol. The number of hydrogen-bond donors (Lipinski definition) is 2. The van der Waals surface area contributed by atoms with Gasteiger partial charge in [0.1, 0.15) is 0 Å². The molecule has 0 saturated heterocycles. The summed E-state index contributed by atoms with van der Waals surface area (Å²) in [6.45, 7) is 1.08. The quantitative estimate of drug-likeness (QED) is 0.327. The van der Waals surface area contributed by atoms with Crippen LogP contribution in [0.15, 0.2) is 30.3 Å². The van der Waals surface area contributed by atoms with E-state index in [4.69, 9.17) is 23.2 Å². The molecule has 0 aliphatic carbocycles. The average molecular weight is 479 g/mol. The summed E-state index contributed by atoms with van der Waals surface area (Å²) < 4.78 is 0. The molecule has 0 spiro atoms. The molecule has 2 aromatic rings. The second kappa shape index (κ2) is 10.3. The molecule has 0 bridgehead atoms. The van der Waals surface area contributed by atoms with Crippen molar-refractivity contribution in [3.63, 3.8) is 0 Å². The average Bonchev–Trinajstić information content (AvgIpc) is 2.74. The van der Waals surface area contributed by atoms with Gasteiger partial charge in [0.2, 0.25) is 5.91 Å². The highest BCUT2D eigenvalue weighted by Gasteiger charge is 2.33. The number of alkyl halides is 2. The fourth-order valence-corrected chi connectivity index (χ4v) is 3.65. The summed E-state index contributed by atoms with van der Waals surface area (Å²) in [5.41, 5.74) is 1.33. The molecule has 0 unspecified atom stereocenters. The van der Waals surface area contributed by atoms with Crippen LogP contribution < -0.4 is 10.6 Å². The van der Waals surface area contributed by atoms with Crippen molar-refractivity contribution in [1.82, 2.24) is 15.1 Å². The van der Waals surface area contributed by atoms with Gasteiger partial charge < -0.3 is 15.5 Å². The summed E-state index contributed by atoms with van der Waals surface area (Å²) in [6.07, 6.45) is 0.554. The molecule has 170 valence electrons. The smallest absolute Gasteiger partial charge is 0.261 e. The fourth-order valence-electron chi connectivity index (χ4n) is 3.49. The molecule has 3 rings (SSSR count). The molecule has 32 heavy (non-hydrogen) atoms. The molecule has 10 heteroatoms. The summed E-state index contributed by atoms with van der Waals surface area (Å²) in [5, 5.41) is 6.62. The number of imide groups is 1. The lowest BCUT2D eigenvalue weighted by molar-refractivity contribution is -0.120. The van der Waals surface area contributed by atoms with Gasteiger partial charge in [0.05, 0.1) is 5.56 Å². The minimum Gasteiger partial charge on any atom is -0.354 e. The number of carbonyl (C=O) groups is 4. The number of benzene rings is 2. The van der Waals surface area contributed by atoms with Crippen LogP contribution in [0.1, 0.15) is 33.6 Å². The Bertz CT molecular complexity index is 1070. The first-order chi connectivity index (χ1) is 15.2. The molecule has 2 N–H and O–H groups in total. The van der Waals surface area contributed by atoms with Crippen LogP contribution >= 0.6 is 23.2 Å². The zero-order valence-electron chi connectivity index (χ0n) is 17.8. The van der Waals surface area contributed by atoms with E-state index in [0.29, 0.717) is 40.6 Å². The Hall–Kier alpha value is -2.68. The zero-order valence-corrected chi connectivity index (χ0v) is 19.3. The van der Waals surface area contributed by atoms with Crippen molar-refractivity contribution in [3.05, 3.63) is 41.5 Å². The number of rotatable bonds is 9. The first kappa shape index (κ1) is 24.0. The molecular weight excluding hydrogens is 455 g/mol. The molecule has 8 nitrogen and oxygen atoms in total. The zero-order chi connectivity index (χ0) is 23.4. The van der Waals surface area contributed by atoms with E-state index >= 15 is 0 Å². The largest absolute Gasteiger partial charge is 0.354 e. The minimum absolute atomic E-state index is 0.157. The van der Waals surface area contributed by atoms with Crippen LogP contribution in [0.25, 0.3) is 10.8 Å². The van der Waals surface area contributed by atoms with Crippen LogP contribution in [0.5, 0.6) is 0 Å². The van der Waals surface area contributed by atoms with E-state index in [1.54, 1.807) is 30.3 Å². The van der Waals surface area contributed by atoms with Gasteiger partial charge in [-0.15, -0.1) is 0 Å². The third kappa shape index (κ3) is 5.38. The van der Waals surface area contributed by atoms with Crippen molar-refractivity contribution in [2.24, 2.45) is 0 Å². The maximum absolute atomic E-state index is 13.1. The lowest BCUT2D eigenvalue weighted by Crippen LogP contribution is -2.43. The molecule has 0 radical (unpaired) electrons. The number of nitrogens with zero attached hydrogens (tertiary/aromatic N) is 2. The SMILES string of the molecule is CN(C)CCN1C(=O)c2cccc3cc(NC(=O)CCCNC(=O)C(Cl)Cl)cc(c23)C1=O. The van der Waals surface area contributed by atoms with Crippen LogP contribution in [0.4, 0.5) is 5.69 Å². The Morgan fingerprint density at radius 1 is 1.09 bits per heavy atom. The highest BCUT2D eigenvalue weighted by atomic mass is 35.5. The van der Waals surface area contributed by atoms with Crippen molar-refractivity contribution in [2.45, 2.75) is 17.7 Å². The van der Waals surface area contributed by atoms with E-state index in [2.05, 4.69) is 10.6 Å². The van der Waals surface area contributed by atoms with E-state index in [9.17, 15) is 19.2 Å². The van der Waals surface area contributed by atoms with Gasteiger partial charge in [0, 0.05) is 42.7 Å². The van der Waals surface area contributed by atoms with Crippen LogP contribution in [-0.2, 0) is 9.59 Å². The Kier molecular flexibility index (Phi) is 7.71. The predicted octanol–water partition coefficient (Wildman–Crippen LogP) is 2.64. The van der Waals surface area contributed by atoms with Crippen LogP contribution in [0, 0.1) is 0 Å². The number of carbonyl (C=O) groups excluding carboxylic acids is 4. The molecule has 4 amide bonds. The van der Waals surface area contributed by atoms with Crippen LogP contribution in [0.2, 0.25) is 0 Å². The molecule has 2 aromatic carbocycles. The highest BCUT2D eigenvalue weighted by Crippen LogP contribution is 2.32. The molecular formula is C22H24Cl2N4O4. The summed E-state index contributed by atoms with van der Waals surface area (Å²) in [4.78, 5) is 51.7. The van der Waals surface area contributed by atoms with Gasteiger partial charge in [-0.1, -0.05) is 35.3 Å². The van der Waals surface area contributed by atoms with Gasteiger partial charge in [-0.25, -0.2) is 0 Å². The van der Waals surface area contributed by atoms with Crippen LogP contribution in [-0.4, -0.2) is 72.0 Å². The maximum atomic E-state index is 13.1. The molecule has 0 saturated carbocycles. The Morgan fingerprint density at radius 2 is 1.81 bits per heavy atom. The third-order valence-corrected chi connectivity index (χ3v) is 5.46. The number of halogens is 2. The van der Waals surface area contributed by atoms with Gasteiger partial charge in [-0.05, 0) is 44.1 Å². The van der Waals surface area contributed by atoms with E-state index in [0.717, 1.165) is 0 Å². The van der Waals surface area contributed by atoms with Crippen molar-refractivity contribution in [2.75, 3.05) is 39.0 Å². The fraction of sp³-hybridized carbons (Fsp3) is 0.364. The molecule has 0 aromatic heterocycles. The number of amides is 4. The Morgan fingerprint density at radius 3 is 2.50 bits per heavy atom. The number of anilines is 1. The number of likely N-dealkylation sites (N-methyl/N-ethyl adjacent to an activating group) is 1. The number of nitrogens with one attached hydrogen (secondary N) is 2. The second-order valence-electron chi connectivity index (χ2n) is 7.74. The normalized spacial score (nSPS) is 13.2. The number of hydrogen-bond acceptors (Lipinski definition) is 5. The van der Waals surface area contributed by atoms with E-state index < -0.39 is 10.7 Å². The van der Waals surface area contributed by atoms with Crippen molar-refractivity contribution < 1.29 is 19.2 Å². The van der Waals surface area contributed by atoms with E-state index in [1.807, 2.05) is 19.0 Å². The van der Waals surface area contributed by atoms with Crippen LogP contribution in [0.3, 0.4) is 0 Å². The second-order valence-corrected chi connectivity index (χ2v) is 8.83. The first-order valence-electron chi connectivity index (χ1n) is 10.1. The van der Waals surface area contributed by atoms with Gasteiger partial charge in [-0.3, -0.25) is 24.1 Å². The summed E-state index contributed by atoms with van der Waals surface area (Å²) >= 11 is 10.9. The Labute approximate surface area is 195 Å². The van der Waals surface area contributed by atoms with Crippen molar-refractivity contribution in [3.8, 4) is 0 Å². The Balaban J connectivity index is 1.76. The molecule has 0 atom stereocenters. The van der Waals surface area contributed by atoms with Gasteiger partial charge in [-0.2, -0.15) is 0 Å². The summed E-state index contributed by atoms with van der Waals surface area (Å²) in [7, 11) is 3.74.